The molecular formula is C12H18BrClN2OS. The number of carbonyl (C=O) groups is 1. The zero-order valence-electron chi connectivity index (χ0n) is 10.3. The van der Waals surface area contributed by atoms with Gasteiger partial charge in [0.25, 0.3) is 5.91 Å². The van der Waals surface area contributed by atoms with Gasteiger partial charge in [0.2, 0.25) is 0 Å². The van der Waals surface area contributed by atoms with E-state index in [2.05, 4.69) is 33.5 Å². The normalized spacial score (nSPS) is 23.2. The van der Waals surface area contributed by atoms with Crippen molar-refractivity contribution in [2.45, 2.75) is 19.8 Å². The molecule has 0 spiro atoms. The van der Waals surface area contributed by atoms with Crippen LogP contribution < -0.4 is 10.6 Å². The topological polar surface area (TPSA) is 41.1 Å². The smallest absolute Gasteiger partial charge is 0.252 e. The first-order valence-electron chi connectivity index (χ1n) is 5.82. The lowest BCUT2D eigenvalue weighted by Gasteiger charge is -2.34. The van der Waals surface area contributed by atoms with Crippen molar-refractivity contribution in [3.05, 3.63) is 20.8 Å². The second-order valence-corrected chi connectivity index (χ2v) is 7.20. The molecule has 0 aromatic carbocycles. The van der Waals surface area contributed by atoms with Crippen molar-refractivity contribution in [3.8, 4) is 0 Å². The van der Waals surface area contributed by atoms with E-state index in [1.54, 1.807) is 0 Å². The predicted octanol–water partition coefficient (Wildman–Crippen LogP) is 3.05. The summed E-state index contributed by atoms with van der Waals surface area (Å²) in [6, 6.07) is 1.86. The fraction of sp³-hybridized carbons (Fsp3) is 0.583. The number of carbonyl (C=O) groups excluding carboxylic acids is 1. The van der Waals surface area contributed by atoms with Crippen LogP contribution in [0.15, 0.2) is 15.2 Å². The van der Waals surface area contributed by atoms with Gasteiger partial charge >= 0.3 is 0 Å². The van der Waals surface area contributed by atoms with Crippen molar-refractivity contribution in [2.24, 2.45) is 5.41 Å². The third kappa shape index (κ3) is 4.23. The predicted molar refractivity (Wildman–Crippen MR) is 81.8 cm³/mol. The molecule has 1 atom stereocenters. The Morgan fingerprint density at radius 1 is 1.67 bits per heavy atom. The van der Waals surface area contributed by atoms with Crippen LogP contribution in [0.25, 0.3) is 0 Å². The molecule has 0 aliphatic carbocycles. The van der Waals surface area contributed by atoms with Gasteiger partial charge in [-0.25, -0.2) is 0 Å². The van der Waals surface area contributed by atoms with E-state index in [4.69, 9.17) is 0 Å². The molecule has 1 amide bonds. The van der Waals surface area contributed by atoms with Gasteiger partial charge in [-0.3, -0.25) is 4.79 Å². The Bertz CT molecular complexity index is 405. The Labute approximate surface area is 126 Å². The molecule has 1 aromatic heterocycles. The largest absolute Gasteiger partial charge is 0.351 e. The zero-order valence-corrected chi connectivity index (χ0v) is 13.5. The van der Waals surface area contributed by atoms with E-state index < -0.39 is 0 Å². The van der Waals surface area contributed by atoms with Gasteiger partial charge in [0.15, 0.2) is 0 Å². The molecule has 6 heteroatoms. The molecule has 1 aromatic rings. The maximum Gasteiger partial charge on any atom is 0.252 e. The first-order valence-corrected chi connectivity index (χ1v) is 7.49. The minimum absolute atomic E-state index is 0. The molecule has 2 rings (SSSR count). The summed E-state index contributed by atoms with van der Waals surface area (Å²) in [5.41, 5.74) is 0.940. The van der Waals surface area contributed by atoms with Gasteiger partial charge < -0.3 is 10.6 Å². The van der Waals surface area contributed by atoms with Crippen molar-refractivity contribution in [2.75, 3.05) is 19.6 Å². The van der Waals surface area contributed by atoms with E-state index in [9.17, 15) is 4.79 Å². The number of hydrogen-bond acceptors (Lipinski definition) is 3. The Morgan fingerprint density at radius 2 is 2.44 bits per heavy atom. The molecule has 0 bridgehead atoms. The Hall–Kier alpha value is -0.100. The lowest BCUT2D eigenvalue weighted by Crippen LogP contribution is -2.45. The summed E-state index contributed by atoms with van der Waals surface area (Å²) in [6.45, 7) is 5.05. The van der Waals surface area contributed by atoms with Crippen molar-refractivity contribution in [1.29, 1.82) is 0 Å². The van der Waals surface area contributed by atoms with Crippen LogP contribution in [0.3, 0.4) is 0 Å². The highest BCUT2D eigenvalue weighted by atomic mass is 79.9. The molecule has 1 saturated heterocycles. The second kappa shape index (κ2) is 6.89. The van der Waals surface area contributed by atoms with Gasteiger partial charge in [-0.15, -0.1) is 23.7 Å². The summed E-state index contributed by atoms with van der Waals surface area (Å²) in [4.78, 5) is 11.9. The first-order chi connectivity index (χ1) is 8.09. The van der Waals surface area contributed by atoms with E-state index in [1.807, 2.05) is 11.4 Å². The standard InChI is InChI=1S/C12H17BrN2OS.ClH/c1-12(3-2-4-14-7-12)8-15-11(16)9-5-10(13)17-6-9;/h5-6,14H,2-4,7-8H2,1H3,(H,15,16);1H. The SMILES string of the molecule is CC1(CNC(=O)c2csc(Br)c2)CCCNC1.Cl. The number of halogens is 2. The van der Waals surface area contributed by atoms with Crippen molar-refractivity contribution in [1.82, 2.24) is 10.6 Å². The van der Waals surface area contributed by atoms with Gasteiger partial charge in [-0.05, 0) is 46.8 Å². The molecule has 1 unspecified atom stereocenters. The highest BCUT2D eigenvalue weighted by Crippen LogP contribution is 2.25. The Kier molecular flexibility index (Phi) is 6.11. The second-order valence-electron chi connectivity index (χ2n) is 4.91. The van der Waals surface area contributed by atoms with Crippen LogP contribution in [0.1, 0.15) is 30.1 Å². The lowest BCUT2D eigenvalue weighted by molar-refractivity contribution is 0.0925. The maximum absolute atomic E-state index is 11.9. The first kappa shape index (κ1) is 16.0. The molecule has 1 fully saturated rings. The lowest BCUT2D eigenvalue weighted by atomic mass is 9.83. The van der Waals surface area contributed by atoms with E-state index in [-0.39, 0.29) is 23.7 Å². The summed E-state index contributed by atoms with van der Waals surface area (Å²) >= 11 is 4.90. The zero-order chi connectivity index (χ0) is 12.3. The quantitative estimate of drug-likeness (QED) is 0.877. The minimum Gasteiger partial charge on any atom is -0.351 e. The molecular weight excluding hydrogens is 336 g/mol. The minimum atomic E-state index is 0. The van der Waals surface area contributed by atoms with Gasteiger partial charge in [0.1, 0.15) is 0 Å². The van der Waals surface area contributed by atoms with E-state index in [1.165, 1.54) is 24.2 Å². The van der Waals surface area contributed by atoms with Crippen LogP contribution in [0.5, 0.6) is 0 Å². The van der Waals surface area contributed by atoms with E-state index in [0.29, 0.717) is 0 Å². The average molecular weight is 354 g/mol. The van der Waals surface area contributed by atoms with Crippen LogP contribution in [-0.4, -0.2) is 25.5 Å². The molecule has 3 nitrogen and oxygen atoms in total. The molecule has 102 valence electrons. The van der Waals surface area contributed by atoms with Crippen molar-refractivity contribution < 1.29 is 4.79 Å². The molecule has 2 N–H and O–H groups in total. The molecule has 18 heavy (non-hydrogen) atoms. The molecule has 1 aliphatic heterocycles. The fourth-order valence-corrected chi connectivity index (χ4v) is 3.23. The van der Waals surface area contributed by atoms with Gasteiger partial charge in [-0.2, -0.15) is 0 Å². The summed E-state index contributed by atoms with van der Waals surface area (Å²) in [5.74, 6) is 0.0266. The van der Waals surface area contributed by atoms with E-state index in [0.717, 1.165) is 29.0 Å². The summed E-state index contributed by atoms with van der Waals surface area (Å²) < 4.78 is 0.994. The van der Waals surface area contributed by atoms with Crippen LogP contribution >= 0.6 is 39.7 Å². The third-order valence-electron chi connectivity index (χ3n) is 3.19. The van der Waals surface area contributed by atoms with Gasteiger partial charge in [0.05, 0.1) is 9.35 Å². The molecule has 0 radical (unpaired) electrons. The molecule has 1 aliphatic rings. The summed E-state index contributed by atoms with van der Waals surface area (Å²) in [5, 5.41) is 8.29. The monoisotopic (exact) mass is 352 g/mol. The Balaban J connectivity index is 0.00000162. The van der Waals surface area contributed by atoms with Gasteiger partial charge in [0, 0.05) is 18.5 Å². The number of nitrogens with one attached hydrogen (secondary N) is 2. The maximum atomic E-state index is 11.9. The number of thiophene rings is 1. The van der Waals surface area contributed by atoms with Crippen LogP contribution in [0, 0.1) is 5.41 Å². The van der Waals surface area contributed by atoms with Gasteiger partial charge in [-0.1, -0.05) is 6.92 Å². The summed E-state index contributed by atoms with van der Waals surface area (Å²) in [6.07, 6.45) is 2.37. The number of amides is 1. The molecule has 0 saturated carbocycles. The average Bonchev–Trinajstić information content (AvgIpc) is 2.74. The third-order valence-corrected chi connectivity index (χ3v) is 4.70. The highest BCUT2D eigenvalue weighted by molar-refractivity contribution is 9.11. The summed E-state index contributed by atoms with van der Waals surface area (Å²) in [7, 11) is 0. The van der Waals surface area contributed by atoms with Crippen LogP contribution in [0.2, 0.25) is 0 Å². The van der Waals surface area contributed by atoms with Crippen molar-refractivity contribution >= 4 is 45.6 Å². The number of rotatable bonds is 3. The Morgan fingerprint density at radius 3 is 3.00 bits per heavy atom. The fourth-order valence-electron chi connectivity index (χ4n) is 2.09. The number of piperidine rings is 1. The van der Waals surface area contributed by atoms with Crippen LogP contribution in [-0.2, 0) is 0 Å². The molecule has 2 heterocycles. The van der Waals surface area contributed by atoms with Crippen molar-refractivity contribution in [3.63, 3.8) is 0 Å². The highest BCUT2D eigenvalue weighted by Gasteiger charge is 2.27. The number of hydrogen-bond donors (Lipinski definition) is 2. The van der Waals surface area contributed by atoms with Crippen LogP contribution in [0.4, 0.5) is 0 Å². The van der Waals surface area contributed by atoms with E-state index >= 15 is 0 Å².